The number of ether oxygens (including phenoxy) is 2. The SMILES string of the molecule is CC(=O)NC1(C(=O)OCC(=O)Nc2ccccc2Oc2ccc(C)cc2)CCCCC1. The number of anilines is 1. The van der Waals surface area contributed by atoms with Crippen molar-refractivity contribution in [2.75, 3.05) is 11.9 Å². The van der Waals surface area contributed by atoms with E-state index in [-0.39, 0.29) is 5.91 Å². The van der Waals surface area contributed by atoms with Crippen LogP contribution in [0.3, 0.4) is 0 Å². The van der Waals surface area contributed by atoms with Crippen LogP contribution in [0.1, 0.15) is 44.6 Å². The molecule has 0 aliphatic heterocycles. The summed E-state index contributed by atoms with van der Waals surface area (Å²) in [6, 6.07) is 14.6. The number of hydrogen-bond donors (Lipinski definition) is 2. The molecule has 31 heavy (non-hydrogen) atoms. The van der Waals surface area contributed by atoms with Crippen LogP contribution in [0.25, 0.3) is 0 Å². The van der Waals surface area contributed by atoms with Crippen LogP contribution in [0.15, 0.2) is 48.5 Å². The first kappa shape index (κ1) is 22.3. The smallest absolute Gasteiger partial charge is 0.332 e. The van der Waals surface area contributed by atoms with Gasteiger partial charge in [0.15, 0.2) is 12.4 Å². The Morgan fingerprint density at radius 2 is 1.65 bits per heavy atom. The van der Waals surface area contributed by atoms with Gasteiger partial charge in [-0.2, -0.15) is 0 Å². The van der Waals surface area contributed by atoms with Gasteiger partial charge in [-0.05, 0) is 44.0 Å². The van der Waals surface area contributed by atoms with Gasteiger partial charge in [0, 0.05) is 6.92 Å². The Balaban J connectivity index is 1.61. The first-order chi connectivity index (χ1) is 14.9. The fourth-order valence-corrected chi connectivity index (χ4v) is 3.72. The molecule has 2 aromatic carbocycles. The van der Waals surface area contributed by atoms with Gasteiger partial charge < -0.3 is 20.1 Å². The second-order valence-corrected chi connectivity index (χ2v) is 7.86. The van der Waals surface area contributed by atoms with Crippen molar-refractivity contribution in [3.05, 3.63) is 54.1 Å². The summed E-state index contributed by atoms with van der Waals surface area (Å²) in [5, 5.41) is 5.47. The molecule has 1 saturated carbocycles. The number of hydrogen-bond acceptors (Lipinski definition) is 5. The third-order valence-corrected chi connectivity index (χ3v) is 5.26. The number of amides is 2. The lowest BCUT2D eigenvalue weighted by Gasteiger charge is -2.35. The highest BCUT2D eigenvalue weighted by molar-refractivity contribution is 5.95. The molecule has 1 fully saturated rings. The molecule has 0 saturated heterocycles. The van der Waals surface area contributed by atoms with E-state index < -0.39 is 24.0 Å². The van der Waals surface area contributed by atoms with Crippen molar-refractivity contribution in [2.24, 2.45) is 0 Å². The molecule has 1 aliphatic rings. The van der Waals surface area contributed by atoms with Gasteiger partial charge >= 0.3 is 5.97 Å². The molecule has 3 rings (SSSR count). The molecule has 2 amide bonds. The quantitative estimate of drug-likeness (QED) is 0.653. The third kappa shape index (κ3) is 6.07. The third-order valence-electron chi connectivity index (χ3n) is 5.26. The molecular formula is C24H28N2O5. The van der Waals surface area contributed by atoms with Crippen molar-refractivity contribution >= 4 is 23.5 Å². The van der Waals surface area contributed by atoms with Crippen LogP contribution in [0.5, 0.6) is 11.5 Å². The molecule has 0 atom stereocenters. The maximum Gasteiger partial charge on any atom is 0.332 e. The lowest BCUT2D eigenvalue weighted by atomic mass is 9.81. The van der Waals surface area contributed by atoms with Crippen LogP contribution in [0, 0.1) is 6.92 Å². The number of carbonyl (C=O) groups is 3. The van der Waals surface area contributed by atoms with E-state index in [0.29, 0.717) is 30.0 Å². The number of nitrogens with one attached hydrogen (secondary N) is 2. The highest BCUT2D eigenvalue weighted by atomic mass is 16.5. The first-order valence-electron chi connectivity index (χ1n) is 10.5. The summed E-state index contributed by atoms with van der Waals surface area (Å²) in [6.45, 7) is 2.92. The Kier molecular flexibility index (Phi) is 7.28. The average molecular weight is 424 g/mol. The van der Waals surface area contributed by atoms with Crippen LogP contribution in [0.4, 0.5) is 5.69 Å². The number of esters is 1. The molecule has 164 valence electrons. The van der Waals surface area contributed by atoms with E-state index in [0.717, 1.165) is 24.8 Å². The average Bonchev–Trinajstić information content (AvgIpc) is 2.75. The minimum Gasteiger partial charge on any atom is -0.455 e. The van der Waals surface area contributed by atoms with Gasteiger partial charge in [0.05, 0.1) is 5.69 Å². The van der Waals surface area contributed by atoms with Crippen LogP contribution < -0.4 is 15.4 Å². The number of carbonyl (C=O) groups excluding carboxylic acids is 3. The Bertz CT molecular complexity index is 933. The lowest BCUT2D eigenvalue weighted by molar-refractivity contribution is -0.157. The van der Waals surface area contributed by atoms with Crippen LogP contribution in [0.2, 0.25) is 0 Å². The normalized spacial score (nSPS) is 14.9. The first-order valence-corrected chi connectivity index (χ1v) is 10.5. The Morgan fingerprint density at radius 1 is 0.968 bits per heavy atom. The van der Waals surface area contributed by atoms with Gasteiger partial charge in [-0.1, -0.05) is 49.1 Å². The minimum absolute atomic E-state index is 0.287. The second kappa shape index (κ2) is 10.1. The molecule has 7 nitrogen and oxygen atoms in total. The van der Waals surface area contributed by atoms with Crippen molar-refractivity contribution in [1.82, 2.24) is 5.32 Å². The minimum atomic E-state index is -1.04. The van der Waals surface area contributed by atoms with E-state index in [2.05, 4.69) is 10.6 Å². The number of para-hydroxylation sites is 2. The highest BCUT2D eigenvalue weighted by Crippen LogP contribution is 2.31. The van der Waals surface area contributed by atoms with Crippen molar-refractivity contribution < 1.29 is 23.9 Å². The van der Waals surface area contributed by atoms with Gasteiger partial charge in [0.25, 0.3) is 5.91 Å². The van der Waals surface area contributed by atoms with Crippen molar-refractivity contribution in [3.63, 3.8) is 0 Å². The zero-order chi connectivity index (χ0) is 22.3. The van der Waals surface area contributed by atoms with Gasteiger partial charge in [0.1, 0.15) is 11.3 Å². The summed E-state index contributed by atoms with van der Waals surface area (Å²) in [6.07, 6.45) is 3.68. The molecule has 0 bridgehead atoms. The fraction of sp³-hybridized carbons (Fsp3) is 0.375. The van der Waals surface area contributed by atoms with E-state index in [1.165, 1.54) is 6.92 Å². The maximum absolute atomic E-state index is 12.7. The van der Waals surface area contributed by atoms with Gasteiger partial charge in [-0.3, -0.25) is 9.59 Å². The van der Waals surface area contributed by atoms with E-state index >= 15 is 0 Å². The van der Waals surface area contributed by atoms with Gasteiger partial charge in [-0.25, -0.2) is 4.79 Å². The Morgan fingerprint density at radius 3 is 2.32 bits per heavy atom. The summed E-state index contributed by atoms with van der Waals surface area (Å²) < 4.78 is 11.2. The van der Waals surface area contributed by atoms with E-state index in [9.17, 15) is 14.4 Å². The van der Waals surface area contributed by atoms with Crippen LogP contribution >= 0.6 is 0 Å². The molecule has 7 heteroatoms. The van der Waals surface area contributed by atoms with E-state index in [4.69, 9.17) is 9.47 Å². The molecule has 0 spiro atoms. The molecule has 0 heterocycles. The highest BCUT2D eigenvalue weighted by Gasteiger charge is 2.42. The maximum atomic E-state index is 12.7. The zero-order valence-electron chi connectivity index (χ0n) is 17.9. The molecular weight excluding hydrogens is 396 g/mol. The Labute approximate surface area is 182 Å². The van der Waals surface area contributed by atoms with Crippen molar-refractivity contribution in [3.8, 4) is 11.5 Å². The predicted molar refractivity (Wildman–Crippen MR) is 117 cm³/mol. The monoisotopic (exact) mass is 424 g/mol. The summed E-state index contributed by atoms with van der Waals surface area (Å²) in [5.41, 5.74) is 0.542. The molecule has 2 N–H and O–H groups in total. The predicted octanol–water partition coefficient (Wildman–Crippen LogP) is 4.11. The van der Waals surface area contributed by atoms with E-state index in [1.807, 2.05) is 31.2 Å². The molecule has 0 unspecified atom stereocenters. The van der Waals surface area contributed by atoms with Gasteiger partial charge in [0.2, 0.25) is 5.91 Å². The fourth-order valence-electron chi connectivity index (χ4n) is 3.72. The summed E-state index contributed by atoms with van der Waals surface area (Å²) in [4.78, 5) is 36.7. The number of rotatable bonds is 7. The van der Waals surface area contributed by atoms with E-state index in [1.54, 1.807) is 24.3 Å². The van der Waals surface area contributed by atoms with Crippen molar-refractivity contribution in [2.45, 2.75) is 51.5 Å². The van der Waals surface area contributed by atoms with Gasteiger partial charge in [-0.15, -0.1) is 0 Å². The summed E-state index contributed by atoms with van der Waals surface area (Å²) >= 11 is 0. The number of aryl methyl sites for hydroxylation is 1. The molecule has 0 aromatic heterocycles. The largest absolute Gasteiger partial charge is 0.455 e. The topological polar surface area (TPSA) is 93.7 Å². The zero-order valence-corrected chi connectivity index (χ0v) is 17.9. The molecule has 0 radical (unpaired) electrons. The molecule has 1 aliphatic carbocycles. The second-order valence-electron chi connectivity index (χ2n) is 7.86. The Hall–Kier alpha value is -3.35. The number of benzene rings is 2. The van der Waals surface area contributed by atoms with Crippen LogP contribution in [-0.2, 0) is 19.1 Å². The lowest BCUT2D eigenvalue weighted by Crippen LogP contribution is -2.56. The van der Waals surface area contributed by atoms with Crippen LogP contribution in [-0.4, -0.2) is 29.9 Å². The molecule has 2 aromatic rings. The summed E-state index contributed by atoms with van der Waals surface area (Å²) in [5.74, 6) is -0.212. The van der Waals surface area contributed by atoms with Crippen molar-refractivity contribution in [1.29, 1.82) is 0 Å². The summed E-state index contributed by atoms with van der Waals surface area (Å²) in [7, 11) is 0. The standard InChI is InChI=1S/C24H28N2O5/c1-17-10-12-19(13-11-17)31-21-9-5-4-8-20(21)25-22(28)16-30-23(29)24(26-18(2)27)14-6-3-7-15-24/h4-5,8-13H,3,6-7,14-16H2,1-2H3,(H,25,28)(H,26,27).